The fraction of sp³-hybridized carbons (Fsp3) is 0.364. The third-order valence-corrected chi connectivity index (χ3v) is 1.70. The molecule has 0 spiro atoms. The first-order valence-corrected chi connectivity index (χ1v) is 4.41. The van der Waals surface area contributed by atoms with Crippen LogP contribution in [0.5, 0.6) is 5.75 Å². The van der Waals surface area contributed by atoms with Crippen molar-refractivity contribution in [3.63, 3.8) is 0 Å². The summed E-state index contributed by atoms with van der Waals surface area (Å²) in [6.45, 7) is 2.78. The maximum absolute atomic E-state index is 8.72. The highest BCUT2D eigenvalue weighted by molar-refractivity contribution is 5.41. The van der Waals surface area contributed by atoms with E-state index in [1.165, 1.54) is 0 Å². The molecule has 2 heteroatoms. The van der Waals surface area contributed by atoms with Gasteiger partial charge in [-0.1, -0.05) is 19.4 Å². The molecule has 0 aliphatic heterocycles. The number of hydrogen-bond donors (Lipinski definition) is 0. The molecule has 0 aliphatic carbocycles. The lowest BCUT2D eigenvalue weighted by molar-refractivity contribution is 0.308. The van der Waals surface area contributed by atoms with Crippen LogP contribution < -0.4 is 4.74 Å². The Bertz CT molecular complexity index is 301. The number of unbranched alkanes of at least 4 members (excludes halogenated alkanes) is 1. The smallest absolute Gasteiger partial charge is 0.137 e. The Hall–Kier alpha value is -1.49. The Morgan fingerprint density at radius 1 is 1.62 bits per heavy atom. The van der Waals surface area contributed by atoms with Gasteiger partial charge in [0, 0.05) is 0 Å². The van der Waals surface area contributed by atoms with Gasteiger partial charge in [0.1, 0.15) is 11.8 Å². The number of nitrogens with zero attached hydrogens (tertiary/aromatic N) is 1. The van der Waals surface area contributed by atoms with Crippen LogP contribution in [0.1, 0.15) is 25.3 Å². The minimum Gasteiger partial charge on any atom is -0.492 e. The second-order valence-electron chi connectivity index (χ2n) is 2.74. The first-order chi connectivity index (χ1) is 6.38. The van der Waals surface area contributed by atoms with Gasteiger partial charge in [0.05, 0.1) is 12.2 Å². The predicted octanol–water partition coefficient (Wildman–Crippen LogP) is 2.54. The van der Waals surface area contributed by atoms with E-state index in [1.54, 1.807) is 18.2 Å². The van der Waals surface area contributed by atoms with E-state index in [-0.39, 0.29) is 0 Å². The molecule has 0 N–H and O–H groups in total. The zero-order valence-corrected chi connectivity index (χ0v) is 7.71. The summed E-state index contributed by atoms with van der Waals surface area (Å²) in [6.07, 6.45) is 2.12. The third-order valence-electron chi connectivity index (χ3n) is 1.70. The van der Waals surface area contributed by atoms with Gasteiger partial charge in [-0.15, -0.1) is 0 Å². The van der Waals surface area contributed by atoms with Crippen molar-refractivity contribution >= 4 is 0 Å². The topological polar surface area (TPSA) is 33.0 Å². The molecule has 1 radical (unpaired) electrons. The van der Waals surface area contributed by atoms with Gasteiger partial charge in [-0.2, -0.15) is 5.26 Å². The number of benzene rings is 1. The SMILES string of the molecule is CCCCOc1cc[c]cc1C#N. The summed E-state index contributed by atoms with van der Waals surface area (Å²) in [6, 6.07) is 10.1. The van der Waals surface area contributed by atoms with Gasteiger partial charge < -0.3 is 4.74 Å². The van der Waals surface area contributed by atoms with Crippen molar-refractivity contribution in [1.82, 2.24) is 0 Å². The molecule has 0 unspecified atom stereocenters. The van der Waals surface area contributed by atoms with Gasteiger partial charge in [-0.05, 0) is 24.6 Å². The molecule has 0 heterocycles. The number of hydrogen-bond acceptors (Lipinski definition) is 2. The zero-order valence-electron chi connectivity index (χ0n) is 7.71. The van der Waals surface area contributed by atoms with E-state index in [1.807, 2.05) is 0 Å². The van der Waals surface area contributed by atoms with E-state index in [2.05, 4.69) is 19.1 Å². The fourth-order valence-electron chi connectivity index (χ4n) is 0.956. The molecule has 0 saturated carbocycles. The van der Waals surface area contributed by atoms with Crippen molar-refractivity contribution in [2.75, 3.05) is 6.61 Å². The average Bonchev–Trinajstić information content (AvgIpc) is 2.19. The van der Waals surface area contributed by atoms with Gasteiger partial charge in [-0.3, -0.25) is 0 Å². The van der Waals surface area contributed by atoms with Crippen LogP contribution in [0.15, 0.2) is 18.2 Å². The molecule has 0 fully saturated rings. The molecule has 0 saturated heterocycles. The molecule has 0 amide bonds. The third kappa shape index (κ3) is 2.79. The van der Waals surface area contributed by atoms with E-state index in [9.17, 15) is 0 Å². The van der Waals surface area contributed by atoms with Gasteiger partial charge in [0.15, 0.2) is 0 Å². The van der Waals surface area contributed by atoms with Crippen molar-refractivity contribution in [3.05, 3.63) is 29.8 Å². The Morgan fingerprint density at radius 3 is 3.15 bits per heavy atom. The fourth-order valence-corrected chi connectivity index (χ4v) is 0.956. The molecule has 0 aliphatic rings. The minimum atomic E-state index is 0.554. The quantitative estimate of drug-likeness (QED) is 0.657. The molecule has 2 nitrogen and oxygen atoms in total. The van der Waals surface area contributed by atoms with E-state index in [4.69, 9.17) is 10.00 Å². The molecule has 13 heavy (non-hydrogen) atoms. The molecule has 0 atom stereocenters. The van der Waals surface area contributed by atoms with Gasteiger partial charge in [0.25, 0.3) is 0 Å². The molecule has 0 bridgehead atoms. The summed E-state index contributed by atoms with van der Waals surface area (Å²) in [4.78, 5) is 0. The van der Waals surface area contributed by atoms with Crippen LogP contribution in [0, 0.1) is 17.4 Å². The normalized spacial score (nSPS) is 9.23. The highest BCUT2D eigenvalue weighted by Crippen LogP contribution is 2.16. The summed E-state index contributed by atoms with van der Waals surface area (Å²) in [5.74, 6) is 0.662. The maximum atomic E-state index is 8.72. The van der Waals surface area contributed by atoms with Crippen LogP contribution in [0.3, 0.4) is 0 Å². The zero-order chi connectivity index (χ0) is 9.52. The van der Waals surface area contributed by atoms with Gasteiger partial charge >= 0.3 is 0 Å². The first-order valence-electron chi connectivity index (χ1n) is 4.41. The average molecular weight is 174 g/mol. The minimum absolute atomic E-state index is 0.554. The molecular weight excluding hydrogens is 162 g/mol. The Balaban J connectivity index is 2.60. The molecule has 67 valence electrons. The van der Waals surface area contributed by atoms with Crippen molar-refractivity contribution in [3.8, 4) is 11.8 Å². The largest absolute Gasteiger partial charge is 0.492 e. The van der Waals surface area contributed by atoms with E-state index in [0.717, 1.165) is 12.8 Å². The highest BCUT2D eigenvalue weighted by Gasteiger charge is 1.99. The lowest BCUT2D eigenvalue weighted by atomic mass is 10.2. The van der Waals surface area contributed by atoms with Crippen LogP contribution in [0.2, 0.25) is 0 Å². The van der Waals surface area contributed by atoms with Crippen LogP contribution in [0.25, 0.3) is 0 Å². The highest BCUT2D eigenvalue weighted by atomic mass is 16.5. The van der Waals surface area contributed by atoms with E-state index < -0.39 is 0 Å². The second kappa shape index (κ2) is 5.21. The Kier molecular flexibility index (Phi) is 3.84. The number of nitriles is 1. The molecular formula is C11H12NO. The molecule has 1 aromatic rings. The van der Waals surface area contributed by atoms with Crippen LogP contribution in [0.4, 0.5) is 0 Å². The molecule has 1 rings (SSSR count). The maximum Gasteiger partial charge on any atom is 0.137 e. The van der Waals surface area contributed by atoms with Crippen molar-refractivity contribution < 1.29 is 4.74 Å². The Labute approximate surface area is 78.8 Å². The summed E-state index contributed by atoms with van der Waals surface area (Å²) in [7, 11) is 0. The lowest BCUT2D eigenvalue weighted by Crippen LogP contribution is -1.97. The monoisotopic (exact) mass is 174 g/mol. The van der Waals surface area contributed by atoms with Crippen LogP contribution in [-0.2, 0) is 0 Å². The van der Waals surface area contributed by atoms with E-state index >= 15 is 0 Å². The predicted molar refractivity (Wildman–Crippen MR) is 50.4 cm³/mol. The summed E-state index contributed by atoms with van der Waals surface area (Å²) in [5, 5.41) is 8.72. The first kappa shape index (κ1) is 9.60. The molecule has 1 aromatic carbocycles. The second-order valence-corrected chi connectivity index (χ2v) is 2.74. The lowest BCUT2D eigenvalue weighted by Gasteiger charge is -2.05. The summed E-state index contributed by atoms with van der Waals surface area (Å²) < 4.78 is 5.43. The van der Waals surface area contributed by atoms with Crippen molar-refractivity contribution in [2.45, 2.75) is 19.8 Å². The van der Waals surface area contributed by atoms with Gasteiger partial charge in [-0.25, -0.2) is 0 Å². The van der Waals surface area contributed by atoms with Crippen molar-refractivity contribution in [2.24, 2.45) is 0 Å². The van der Waals surface area contributed by atoms with Crippen molar-refractivity contribution in [1.29, 1.82) is 5.26 Å². The number of ether oxygens (including phenoxy) is 1. The summed E-state index contributed by atoms with van der Waals surface area (Å²) >= 11 is 0. The molecule has 0 aromatic heterocycles. The van der Waals surface area contributed by atoms with Crippen LogP contribution >= 0.6 is 0 Å². The summed E-state index contributed by atoms with van der Waals surface area (Å²) in [5.41, 5.74) is 0.554. The Morgan fingerprint density at radius 2 is 2.46 bits per heavy atom. The standard InChI is InChI=1S/C11H12NO/c1-2-3-8-13-11-7-5-4-6-10(11)9-12/h5-7H,2-3,8H2,1H3. The number of rotatable bonds is 4. The van der Waals surface area contributed by atoms with Gasteiger partial charge in [0.2, 0.25) is 0 Å². The van der Waals surface area contributed by atoms with Crippen LogP contribution in [-0.4, -0.2) is 6.61 Å². The van der Waals surface area contributed by atoms with E-state index in [0.29, 0.717) is 17.9 Å².